The second kappa shape index (κ2) is 13.3. The average molecular weight is 614 g/mol. The summed E-state index contributed by atoms with van der Waals surface area (Å²) in [7, 11) is 0. The molecule has 2 aromatic rings. The van der Waals surface area contributed by atoms with E-state index < -0.39 is 11.0 Å². The third-order valence-corrected chi connectivity index (χ3v) is 8.23. The van der Waals surface area contributed by atoms with E-state index in [1.165, 1.54) is 0 Å². The van der Waals surface area contributed by atoms with Crippen molar-refractivity contribution < 1.29 is 19.1 Å². The lowest BCUT2D eigenvalue weighted by molar-refractivity contribution is -0.155. The number of nitrogen functional groups attached to an aromatic ring is 1. The molecular weight excluding hydrogens is 574 g/mol. The Morgan fingerprint density at radius 3 is 2.62 bits per heavy atom. The molecule has 2 aromatic carbocycles. The molecule has 226 valence electrons. The lowest BCUT2D eigenvalue weighted by Crippen LogP contribution is -2.42. The van der Waals surface area contributed by atoms with E-state index in [1.807, 2.05) is 38.1 Å². The summed E-state index contributed by atoms with van der Waals surface area (Å²) < 4.78 is 14.7. The molecule has 0 radical (unpaired) electrons. The van der Waals surface area contributed by atoms with Gasteiger partial charge in [0, 0.05) is 23.5 Å². The largest absolute Gasteiger partial charge is 0.463 e. The minimum atomic E-state index is -0.905. The number of hydrogen-bond acceptors (Lipinski definition) is 9. The van der Waals surface area contributed by atoms with E-state index in [0.717, 1.165) is 66.2 Å². The number of piperidine rings is 1. The minimum Gasteiger partial charge on any atom is -0.463 e. The van der Waals surface area contributed by atoms with Gasteiger partial charge in [0.15, 0.2) is 0 Å². The van der Waals surface area contributed by atoms with E-state index in [4.69, 9.17) is 26.8 Å². The highest BCUT2D eigenvalue weighted by molar-refractivity contribution is 8.12. The van der Waals surface area contributed by atoms with Gasteiger partial charge in [-0.2, -0.15) is 0 Å². The number of nitrogens with one attached hydrogen (secondary N) is 3. The Labute approximate surface area is 257 Å². The van der Waals surface area contributed by atoms with Crippen LogP contribution in [0.2, 0.25) is 5.02 Å². The van der Waals surface area contributed by atoms with Gasteiger partial charge in [-0.3, -0.25) is 9.59 Å². The van der Waals surface area contributed by atoms with E-state index in [9.17, 15) is 9.59 Å². The third-order valence-electron chi connectivity index (χ3n) is 7.16. The molecule has 0 saturated carbocycles. The zero-order valence-electron chi connectivity index (χ0n) is 24.8. The Hall–Kier alpha value is -3.34. The third kappa shape index (κ3) is 7.73. The monoisotopic (exact) mass is 613 g/mol. The molecule has 1 atom stereocenters. The maximum absolute atomic E-state index is 13.1. The molecule has 0 aromatic heterocycles. The van der Waals surface area contributed by atoms with Crippen molar-refractivity contribution in [2.75, 3.05) is 24.2 Å². The van der Waals surface area contributed by atoms with Gasteiger partial charge in [-0.15, -0.1) is 0 Å². The SMILES string of the molecule is CC1=CO/C(=C2/CCCCN2)N1Cc1cccc(NC(=O)SNC(C)(COC(=O)C(C)(C)C)c2cccc(Cl)c2)c1N. The van der Waals surface area contributed by atoms with E-state index >= 15 is 0 Å². The average Bonchev–Trinajstić information content (AvgIpc) is 3.32. The summed E-state index contributed by atoms with van der Waals surface area (Å²) in [6, 6.07) is 12.8. The Balaban J connectivity index is 1.45. The van der Waals surface area contributed by atoms with Crippen LogP contribution < -0.4 is 21.1 Å². The van der Waals surface area contributed by atoms with E-state index in [2.05, 4.69) is 20.3 Å². The van der Waals surface area contributed by atoms with Crippen LogP contribution in [0.25, 0.3) is 0 Å². The number of ether oxygens (including phenoxy) is 2. The number of amides is 1. The van der Waals surface area contributed by atoms with Gasteiger partial charge < -0.3 is 30.7 Å². The molecule has 0 spiro atoms. The van der Waals surface area contributed by atoms with Gasteiger partial charge in [0.25, 0.3) is 5.24 Å². The molecule has 1 fully saturated rings. The number of anilines is 2. The summed E-state index contributed by atoms with van der Waals surface area (Å²) >= 11 is 7.11. The Kier molecular flexibility index (Phi) is 10.0. The Morgan fingerprint density at radius 2 is 1.93 bits per heavy atom. The summed E-state index contributed by atoms with van der Waals surface area (Å²) in [6.07, 6.45) is 4.95. The fourth-order valence-electron chi connectivity index (χ4n) is 4.55. The van der Waals surface area contributed by atoms with Gasteiger partial charge in [0.05, 0.1) is 40.3 Å². The van der Waals surface area contributed by atoms with Crippen molar-refractivity contribution >= 4 is 46.1 Å². The highest BCUT2D eigenvalue weighted by Gasteiger charge is 2.33. The molecule has 1 saturated heterocycles. The minimum absolute atomic E-state index is 0.00117. The first-order chi connectivity index (χ1) is 19.9. The van der Waals surface area contributed by atoms with Crippen LogP contribution in [-0.2, 0) is 26.4 Å². The zero-order valence-corrected chi connectivity index (χ0v) is 26.4. The van der Waals surface area contributed by atoms with E-state index in [1.54, 1.807) is 45.2 Å². The van der Waals surface area contributed by atoms with Crippen LogP contribution in [0.1, 0.15) is 65.0 Å². The number of rotatable bonds is 8. The van der Waals surface area contributed by atoms with Crippen LogP contribution in [0.5, 0.6) is 0 Å². The lowest BCUT2D eigenvalue weighted by Gasteiger charge is -2.31. The molecule has 0 bridgehead atoms. The molecule has 1 amide bonds. The normalized spacial score (nSPS) is 18.4. The van der Waals surface area contributed by atoms with Crippen molar-refractivity contribution in [1.29, 1.82) is 0 Å². The van der Waals surface area contributed by atoms with Crippen molar-refractivity contribution in [2.24, 2.45) is 5.41 Å². The van der Waals surface area contributed by atoms with Gasteiger partial charge in [0.2, 0.25) is 5.88 Å². The first-order valence-corrected chi connectivity index (χ1v) is 15.2. The number of benzene rings is 2. The van der Waals surface area contributed by atoms with Crippen molar-refractivity contribution in [1.82, 2.24) is 14.9 Å². The molecule has 9 nitrogen and oxygen atoms in total. The number of para-hydroxylation sites is 1. The molecule has 2 aliphatic rings. The van der Waals surface area contributed by atoms with Crippen LogP contribution in [0.15, 0.2) is 66.0 Å². The number of esters is 1. The molecule has 42 heavy (non-hydrogen) atoms. The number of nitrogens with zero attached hydrogens (tertiary/aromatic N) is 1. The second-order valence-electron chi connectivity index (χ2n) is 11.8. The molecule has 1 unspecified atom stereocenters. The van der Waals surface area contributed by atoms with Crippen LogP contribution in [-0.4, -0.2) is 29.3 Å². The van der Waals surface area contributed by atoms with Gasteiger partial charge in [-0.05, 0) is 83.2 Å². The van der Waals surface area contributed by atoms with E-state index in [-0.39, 0.29) is 17.8 Å². The summed E-state index contributed by atoms with van der Waals surface area (Å²) in [5, 5.41) is 6.52. The topological polar surface area (TPSA) is 118 Å². The number of hydrogen-bond donors (Lipinski definition) is 4. The molecule has 2 heterocycles. The Morgan fingerprint density at radius 1 is 1.17 bits per heavy atom. The highest BCUT2D eigenvalue weighted by atomic mass is 35.5. The summed E-state index contributed by atoms with van der Waals surface area (Å²) in [4.78, 5) is 27.7. The van der Waals surface area contributed by atoms with Crippen molar-refractivity contribution in [3.05, 3.63) is 82.2 Å². The summed E-state index contributed by atoms with van der Waals surface area (Å²) in [5.74, 6) is 0.455. The van der Waals surface area contributed by atoms with Gasteiger partial charge >= 0.3 is 5.97 Å². The predicted octanol–water partition coefficient (Wildman–Crippen LogP) is 6.83. The fraction of sp³-hybridized carbons (Fsp3) is 0.419. The smallest absolute Gasteiger partial charge is 0.311 e. The molecular formula is C31H40ClN5O4S. The highest BCUT2D eigenvalue weighted by Crippen LogP contribution is 2.33. The predicted molar refractivity (Wildman–Crippen MR) is 169 cm³/mol. The van der Waals surface area contributed by atoms with Gasteiger partial charge in [-0.25, -0.2) is 4.72 Å². The maximum Gasteiger partial charge on any atom is 0.311 e. The van der Waals surface area contributed by atoms with Crippen molar-refractivity contribution in [2.45, 2.75) is 66.0 Å². The molecule has 2 aliphatic heterocycles. The summed E-state index contributed by atoms with van der Waals surface area (Å²) in [6.45, 7) is 10.6. The van der Waals surface area contributed by atoms with Crippen LogP contribution in [0.3, 0.4) is 0 Å². The van der Waals surface area contributed by atoms with Crippen LogP contribution in [0, 0.1) is 5.41 Å². The van der Waals surface area contributed by atoms with Crippen molar-refractivity contribution in [3.63, 3.8) is 0 Å². The van der Waals surface area contributed by atoms with Crippen LogP contribution in [0.4, 0.5) is 16.2 Å². The zero-order chi connectivity index (χ0) is 30.5. The first-order valence-electron chi connectivity index (χ1n) is 14.0. The van der Waals surface area contributed by atoms with E-state index in [0.29, 0.717) is 22.9 Å². The Bertz CT molecular complexity index is 1380. The molecule has 11 heteroatoms. The molecule has 5 N–H and O–H groups in total. The van der Waals surface area contributed by atoms with Gasteiger partial charge in [0.1, 0.15) is 12.9 Å². The number of nitrogens with two attached hydrogens (primary N) is 1. The fourth-order valence-corrected chi connectivity index (χ4v) is 5.40. The van der Waals surface area contributed by atoms with Crippen LogP contribution >= 0.6 is 23.5 Å². The molecule has 0 aliphatic carbocycles. The lowest BCUT2D eigenvalue weighted by atomic mass is 9.93. The number of carbonyl (C=O) groups is 2. The quantitative estimate of drug-likeness (QED) is 0.144. The van der Waals surface area contributed by atoms with Crippen molar-refractivity contribution in [3.8, 4) is 0 Å². The maximum atomic E-state index is 13.1. The standard InChI is InChI=1S/C31H40ClN5O4S/c1-20-18-40-27(25-13-6-7-15-34-25)37(20)17-21-10-8-14-24(26(21)33)35-29(39)42-36-31(5,19-41-28(38)30(2,3)4)22-11-9-12-23(32)16-22/h8-12,14,16,18,34,36H,6-7,13,15,17,19,33H2,1-5H3,(H,35,39)/b27-25-. The molecule has 4 rings (SSSR count). The second-order valence-corrected chi connectivity index (χ2v) is 13.0. The number of allylic oxidation sites excluding steroid dienone is 2. The number of halogens is 1. The number of carbonyl (C=O) groups excluding carboxylic acids is 2. The van der Waals surface area contributed by atoms with Gasteiger partial charge in [-0.1, -0.05) is 35.9 Å². The summed E-state index contributed by atoms with van der Waals surface area (Å²) in [5.41, 5.74) is 9.66. The first kappa shape index (κ1) is 31.6.